The lowest BCUT2D eigenvalue weighted by Crippen LogP contribution is -2.12. The van der Waals surface area contributed by atoms with Crippen LogP contribution in [0.1, 0.15) is 11.1 Å². The first kappa shape index (κ1) is 22.2. The average Bonchev–Trinajstić information content (AvgIpc) is 2.60. The lowest BCUT2D eigenvalue weighted by atomic mass is 10.1. The molecule has 154 valence electrons. The van der Waals surface area contributed by atoms with Gasteiger partial charge in [0.1, 0.15) is 11.9 Å². The fourth-order valence-corrected chi connectivity index (χ4v) is 3.18. The highest BCUT2D eigenvalue weighted by Gasteiger charge is 2.37. The summed E-state index contributed by atoms with van der Waals surface area (Å²) in [6.07, 6.45) is -9.74. The number of nitrogens with one attached hydrogen (secondary N) is 1. The Bertz CT molecular complexity index is 1050. The summed E-state index contributed by atoms with van der Waals surface area (Å²) < 4.78 is 115. The maximum Gasteiger partial charge on any atom is 0.416 e. The molecule has 2 aromatic rings. The molecular weight excluding hydrogens is 429 g/mol. The maximum atomic E-state index is 12.9. The number of hydrogen-bond donors (Lipinski definition) is 1. The Morgan fingerprint density at radius 1 is 0.931 bits per heavy atom. The van der Waals surface area contributed by atoms with E-state index in [1.165, 1.54) is 6.07 Å². The van der Waals surface area contributed by atoms with E-state index in [9.17, 15) is 39.2 Å². The SMILES string of the molecule is N#CC(=CNc1cc(C(F)(F)F)cc(C(F)(F)F)c1)S(=O)(=O)c1ccc(F)cc1. The molecular formula is C17H9F7N2O2S. The monoisotopic (exact) mass is 438 g/mol. The normalized spacial score (nSPS) is 13.1. The Kier molecular flexibility index (Phi) is 5.94. The zero-order chi connectivity index (χ0) is 22.0. The lowest BCUT2D eigenvalue weighted by molar-refractivity contribution is -0.143. The van der Waals surface area contributed by atoms with Gasteiger partial charge in [-0.2, -0.15) is 31.6 Å². The van der Waals surface area contributed by atoms with E-state index in [1.807, 2.05) is 5.32 Å². The fourth-order valence-electron chi connectivity index (χ4n) is 2.10. The number of sulfone groups is 1. The first-order valence-corrected chi connectivity index (χ1v) is 8.90. The Labute approximate surface area is 159 Å². The molecule has 0 unspecified atom stereocenters. The molecule has 0 atom stereocenters. The number of rotatable bonds is 4. The Hall–Kier alpha value is -3.07. The van der Waals surface area contributed by atoms with E-state index >= 15 is 0 Å². The number of halogens is 7. The predicted octanol–water partition coefficient (Wildman–Crippen LogP) is 5.11. The molecule has 1 N–H and O–H groups in total. The van der Waals surface area contributed by atoms with E-state index in [0.29, 0.717) is 18.3 Å². The summed E-state index contributed by atoms with van der Waals surface area (Å²) in [4.78, 5) is -1.50. The molecule has 29 heavy (non-hydrogen) atoms. The Morgan fingerprint density at radius 2 is 1.41 bits per heavy atom. The van der Waals surface area contributed by atoms with Gasteiger partial charge in [0.15, 0.2) is 4.91 Å². The molecule has 0 aliphatic carbocycles. The molecule has 0 aromatic heterocycles. The van der Waals surface area contributed by atoms with Crippen LogP contribution in [0.25, 0.3) is 0 Å². The van der Waals surface area contributed by atoms with Gasteiger partial charge in [0.25, 0.3) is 0 Å². The number of anilines is 1. The second kappa shape index (κ2) is 7.75. The summed E-state index contributed by atoms with van der Waals surface area (Å²) in [6.45, 7) is 0. The summed E-state index contributed by atoms with van der Waals surface area (Å²) in [5.41, 5.74) is -3.99. The first-order valence-electron chi connectivity index (χ1n) is 7.42. The third-order valence-electron chi connectivity index (χ3n) is 3.48. The largest absolute Gasteiger partial charge is 0.416 e. The van der Waals surface area contributed by atoms with Crippen molar-refractivity contribution in [2.45, 2.75) is 17.2 Å². The summed E-state index contributed by atoms with van der Waals surface area (Å²) in [5, 5.41) is 11.0. The van der Waals surface area contributed by atoms with E-state index in [-0.39, 0.29) is 6.07 Å². The summed E-state index contributed by atoms with van der Waals surface area (Å²) >= 11 is 0. The van der Waals surface area contributed by atoms with Crippen LogP contribution in [0.4, 0.5) is 36.4 Å². The highest BCUT2D eigenvalue weighted by Crippen LogP contribution is 2.37. The number of benzene rings is 2. The van der Waals surface area contributed by atoms with Crippen molar-refractivity contribution < 1.29 is 39.2 Å². The molecule has 12 heteroatoms. The van der Waals surface area contributed by atoms with Crippen LogP contribution >= 0.6 is 0 Å². The minimum atomic E-state index is -5.10. The molecule has 0 heterocycles. The van der Waals surface area contributed by atoms with Gasteiger partial charge in [0, 0.05) is 11.9 Å². The predicted molar refractivity (Wildman–Crippen MR) is 87.4 cm³/mol. The van der Waals surface area contributed by atoms with E-state index in [2.05, 4.69) is 0 Å². The van der Waals surface area contributed by atoms with Crippen LogP contribution in [0.5, 0.6) is 0 Å². The molecule has 0 bridgehead atoms. The minimum Gasteiger partial charge on any atom is -0.360 e. The Morgan fingerprint density at radius 3 is 1.83 bits per heavy atom. The number of hydrogen-bond acceptors (Lipinski definition) is 4. The van der Waals surface area contributed by atoms with E-state index < -0.39 is 54.6 Å². The van der Waals surface area contributed by atoms with Crippen LogP contribution in [-0.4, -0.2) is 8.42 Å². The van der Waals surface area contributed by atoms with Crippen molar-refractivity contribution in [3.8, 4) is 6.07 Å². The van der Waals surface area contributed by atoms with E-state index in [4.69, 9.17) is 5.26 Å². The zero-order valence-corrected chi connectivity index (χ0v) is 14.8. The highest BCUT2D eigenvalue weighted by molar-refractivity contribution is 7.95. The van der Waals surface area contributed by atoms with Crippen LogP contribution in [0.2, 0.25) is 0 Å². The average molecular weight is 438 g/mol. The van der Waals surface area contributed by atoms with Gasteiger partial charge in [-0.25, -0.2) is 12.8 Å². The van der Waals surface area contributed by atoms with E-state index in [1.54, 1.807) is 0 Å². The van der Waals surface area contributed by atoms with Crippen molar-refractivity contribution >= 4 is 15.5 Å². The van der Waals surface area contributed by atoms with Gasteiger partial charge in [0.2, 0.25) is 9.84 Å². The second-order valence-electron chi connectivity index (χ2n) is 5.52. The van der Waals surface area contributed by atoms with Gasteiger partial charge in [-0.1, -0.05) is 0 Å². The molecule has 2 rings (SSSR count). The van der Waals surface area contributed by atoms with E-state index in [0.717, 1.165) is 24.3 Å². The summed E-state index contributed by atoms with van der Waals surface area (Å²) in [5.74, 6) is -0.756. The molecule has 2 aromatic carbocycles. The third kappa shape index (κ3) is 5.26. The van der Waals surface area contributed by atoms with Crippen LogP contribution in [0, 0.1) is 17.1 Å². The van der Waals surface area contributed by atoms with Gasteiger partial charge in [-0.15, -0.1) is 0 Å². The summed E-state index contributed by atoms with van der Waals surface area (Å²) in [7, 11) is -4.49. The number of nitriles is 1. The smallest absolute Gasteiger partial charge is 0.360 e. The van der Waals surface area contributed by atoms with Crippen molar-refractivity contribution in [3.63, 3.8) is 0 Å². The van der Waals surface area contributed by atoms with Gasteiger partial charge < -0.3 is 5.32 Å². The molecule has 0 fully saturated rings. The zero-order valence-electron chi connectivity index (χ0n) is 13.9. The Balaban J connectivity index is 2.47. The van der Waals surface area contributed by atoms with Crippen LogP contribution in [0.3, 0.4) is 0 Å². The molecule has 0 radical (unpaired) electrons. The number of alkyl halides is 6. The molecule has 4 nitrogen and oxygen atoms in total. The quantitative estimate of drug-likeness (QED) is 0.409. The molecule has 0 aliphatic heterocycles. The van der Waals surface area contributed by atoms with Crippen molar-refractivity contribution in [1.29, 1.82) is 5.26 Å². The first-order chi connectivity index (χ1) is 13.2. The number of nitrogens with zero attached hydrogens (tertiary/aromatic N) is 1. The molecule has 0 aliphatic rings. The van der Waals surface area contributed by atoms with Crippen LogP contribution in [-0.2, 0) is 22.2 Å². The minimum absolute atomic E-state index is 0.102. The molecule has 0 spiro atoms. The molecule has 0 saturated heterocycles. The number of allylic oxidation sites excluding steroid dienone is 1. The lowest BCUT2D eigenvalue weighted by Gasteiger charge is -2.14. The fraction of sp³-hybridized carbons (Fsp3) is 0.118. The van der Waals surface area contributed by atoms with Gasteiger partial charge in [0.05, 0.1) is 16.0 Å². The van der Waals surface area contributed by atoms with Crippen LogP contribution < -0.4 is 5.32 Å². The van der Waals surface area contributed by atoms with Gasteiger partial charge in [-0.05, 0) is 42.5 Å². The topological polar surface area (TPSA) is 70.0 Å². The maximum absolute atomic E-state index is 12.9. The van der Waals surface area contributed by atoms with Crippen molar-refractivity contribution in [3.05, 3.63) is 70.5 Å². The van der Waals surface area contributed by atoms with Gasteiger partial charge in [-0.3, -0.25) is 0 Å². The van der Waals surface area contributed by atoms with Gasteiger partial charge >= 0.3 is 12.4 Å². The van der Waals surface area contributed by atoms with Crippen LogP contribution in [0.15, 0.2) is 58.5 Å². The van der Waals surface area contributed by atoms with Crippen molar-refractivity contribution in [2.24, 2.45) is 0 Å². The standard InChI is InChI=1S/C17H9F7N2O2S/c18-12-1-3-14(4-2-12)29(27,28)15(8-25)9-26-13-6-10(16(19,20)21)5-11(7-13)17(22,23)24/h1-7,9,26H. The summed E-state index contributed by atoms with van der Waals surface area (Å²) in [6, 6.07) is 5.14. The third-order valence-corrected chi connectivity index (χ3v) is 5.16. The van der Waals surface area contributed by atoms with Crippen molar-refractivity contribution in [2.75, 3.05) is 5.32 Å². The molecule has 0 amide bonds. The molecule has 0 saturated carbocycles. The highest BCUT2D eigenvalue weighted by atomic mass is 32.2. The van der Waals surface area contributed by atoms with Crippen molar-refractivity contribution in [1.82, 2.24) is 0 Å². The second-order valence-corrected chi connectivity index (χ2v) is 7.43.